The minimum absolute atomic E-state index is 0.191. The Morgan fingerprint density at radius 1 is 0.941 bits per heavy atom. The summed E-state index contributed by atoms with van der Waals surface area (Å²) in [6, 6.07) is 20.2. The zero-order valence-corrected chi connectivity index (χ0v) is 19.0. The molecular weight excluding hydrogens is 456 g/mol. The Morgan fingerprint density at radius 3 is 2.35 bits per heavy atom. The van der Waals surface area contributed by atoms with Gasteiger partial charge in [-0.25, -0.2) is 9.69 Å². The molecule has 3 aromatic rings. The van der Waals surface area contributed by atoms with Crippen molar-refractivity contribution in [2.45, 2.75) is 13.5 Å². The number of imide groups is 2. The van der Waals surface area contributed by atoms with Crippen molar-refractivity contribution in [3.8, 4) is 11.5 Å². The van der Waals surface area contributed by atoms with Gasteiger partial charge in [-0.05, 0) is 60.5 Å². The topological polar surface area (TPSA) is 84.9 Å². The molecule has 4 amide bonds. The molecule has 0 atom stereocenters. The first-order chi connectivity index (χ1) is 16.5. The van der Waals surface area contributed by atoms with Gasteiger partial charge in [0.15, 0.2) is 0 Å². The van der Waals surface area contributed by atoms with Gasteiger partial charge < -0.3 is 9.47 Å². The van der Waals surface area contributed by atoms with E-state index in [1.54, 1.807) is 42.5 Å². The molecule has 34 heavy (non-hydrogen) atoms. The van der Waals surface area contributed by atoms with Gasteiger partial charge in [-0.2, -0.15) is 0 Å². The molecule has 1 saturated heterocycles. The van der Waals surface area contributed by atoms with Crippen LogP contribution >= 0.6 is 11.6 Å². The third kappa shape index (κ3) is 5.10. The van der Waals surface area contributed by atoms with Gasteiger partial charge in [-0.3, -0.25) is 14.9 Å². The third-order valence-electron chi connectivity index (χ3n) is 5.01. The molecule has 0 aromatic heterocycles. The van der Waals surface area contributed by atoms with Gasteiger partial charge in [0.25, 0.3) is 11.8 Å². The highest BCUT2D eigenvalue weighted by atomic mass is 35.5. The molecule has 0 unspecified atom stereocenters. The molecule has 1 heterocycles. The van der Waals surface area contributed by atoms with E-state index in [0.717, 1.165) is 10.5 Å². The summed E-state index contributed by atoms with van der Waals surface area (Å²) >= 11 is 6.21. The minimum atomic E-state index is -0.824. The van der Waals surface area contributed by atoms with Crippen LogP contribution in [0.4, 0.5) is 10.5 Å². The van der Waals surface area contributed by atoms with Crippen LogP contribution < -0.4 is 19.7 Å². The number of halogens is 1. The van der Waals surface area contributed by atoms with Gasteiger partial charge in [0, 0.05) is 0 Å². The minimum Gasteiger partial charge on any atom is -0.492 e. The van der Waals surface area contributed by atoms with Gasteiger partial charge in [0.1, 0.15) is 23.7 Å². The first-order valence-corrected chi connectivity index (χ1v) is 10.9. The maximum absolute atomic E-state index is 13.1. The van der Waals surface area contributed by atoms with Crippen molar-refractivity contribution in [2.24, 2.45) is 0 Å². The monoisotopic (exact) mass is 476 g/mol. The highest BCUT2D eigenvalue weighted by molar-refractivity contribution is 6.39. The third-order valence-corrected chi connectivity index (χ3v) is 5.31. The zero-order valence-electron chi connectivity index (χ0n) is 18.3. The molecule has 0 spiro atoms. The van der Waals surface area contributed by atoms with Crippen LogP contribution in [-0.2, 0) is 16.2 Å². The maximum Gasteiger partial charge on any atom is 0.335 e. The zero-order chi connectivity index (χ0) is 24.1. The van der Waals surface area contributed by atoms with Crippen LogP contribution in [0.3, 0.4) is 0 Å². The molecule has 7 nitrogen and oxygen atoms in total. The van der Waals surface area contributed by atoms with Gasteiger partial charge in [0.05, 0.1) is 17.3 Å². The van der Waals surface area contributed by atoms with E-state index in [9.17, 15) is 14.4 Å². The number of hydrogen-bond donors (Lipinski definition) is 1. The summed E-state index contributed by atoms with van der Waals surface area (Å²) in [5.41, 5.74) is 1.65. The molecule has 1 aliphatic rings. The van der Waals surface area contributed by atoms with E-state index in [2.05, 4.69) is 5.32 Å². The lowest BCUT2D eigenvalue weighted by Gasteiger charge is -2.26. The van der Waals surface area contributed by atoms with Crippen molar-refractivity contribution < 1.29 is 23.9 Å². The first kappa shape index (κ1) is 23.1. The first-order valence-electron chi connectivity index (χ1n) is 10.6. The predicted molar refractivity (Wildman–Crippen MR) is 129 cm³/mol. The fourth-order valence-corrected chi connectivity index (χ4v) is 3.61. The molecule has 1 aliphatic heterocycles. The number of barbiturate groups is 1. The number of carbonyl (C=O) groups is 3. The lowest BCUT2D eigenvalue weighted by molar-refractivity contribution is -0.122. The number of nitrogens with zero attached hydrogens (tertiary/aromatic N) is 1. The van der Waals surface area contributed by atoms with E-state index in [0.29, 0.717) is 41.0 Å². The second-order valence-corrected chi connectivity index (χ2v) is 7.76. The Morgan fingerprint density at radius 2 is 1.68 bits per heavy atom. The van der Waals surface area contributed by atoms with Gasteiger partial charge in [-0.1, -0.05) is 48.0 Å². The molecular formula is C26H21ClN2O5. The number of carbonyl (C=O) groups excluding carboxylic acids is 3. The van der Waals surface area contributed by atoms with Gasteiger partial charge in [0.2, 0.25) is 0 Å². The molecule has 1 fully saturated rings. The summed E-state index contributed by atoms with van der Waals surface area (Å²) in [6.45, 7) is 2.67. The lowest BCUT2D eigenvalue weighted by atomic mass is 10.1. The highest BCUT2D eigenvalue weighted by Crippen LogP contribution is 2.28. The van der Waals surface area contributed by atoms with Crippen molar-refractivity contribution >= 4 is 41.2 Å². The Kier molecular flexibility index (Phi) is 6.94. The maximum atomic E-state index is 13.1. The average molecular weight is 477 g/mol. The molecule has 3 aromatic carbocycles. The number of rotatable bonds is 7. The van der Waals surface area contributed by atoms with Crippen LogP contribution in [0.5, 0.6) is 11.5 Å². The smallest absolute Gasteiger partial charge is 0.335 e. The second-order valence-electron chi connectivity index (χ2n) is 7.35. The number of nitrogens with one attached hydrogen (secondary N) is 1. The SMILES string of the molecule is CCOc1ccc(/C=C2\C(=O)NC(=O)N(c3ccc(OCc4ccccc4)cc3)C2=O)cc1Cl. The molecule has 0 aliphatic carbocycles. The fraction of sp³-hybridized carbons (Fsp3) is 0.115. The van der Waals surface area contributed by atoms with Crippen LogP contribution in [0.25, 0.3) is 6.08 Å². The van der Waals surface area contributed by atoms with Gasteiger partial charge >= 0.3 is 6.03 Å². The number of benzene rings is 3. The normalized spacial score (nSPS) is 14.8. The van der Waals surface area contributed by atoms with E-state index in [1.807, 2.05) is 37.3 Å². The number of amides is 4. The van der Waals surface area contributed by atoms with Crippen LogP contribution in [0, 0.1) is 0 Å². The largest absolute Gasteiger partial charge is 0.492 e. The Hall–Kier alpha value is -4.10. The molecule has 8 heteroatoms. The molecule has 0 bridgehead atoms. The number of ether oxygens (including phenoxy) is 2. The highest BCUT2D eigenvalue weighted by Gasteiger charge is 2.36. The van der Waals surface area contributed by atoms with Crippen molar-refractivity contribution in [2.75, 3.05) is 11.5 Å². The lowest BCUT2D eigenvalue weighted by Crippen LogP contribution is -2.54. The van der Waals surface area contributed by atoms with E-state index in [4.69, 9.17) is 21.1 Å². The number of urea groups is 1. The Bertz CT molecular complexity index is 1260. The summed E-state index contributed by atoms with van der Waals surface area (Å²) in [7, 11) is 0. The van der Waals surface area contributed by atoms with E-state index in [-0.39, 0.29) is 5.57 Å². The Labute approximate surface area is 201 Å². The molecule has 4 rings (SSSR count). The second kappa shape index (κ2) is 10.2. The molecule has 1 N–H and O–H groups in total. The van der Waals surface area contributed by atoms with Gasteiger partial charge in [-0.15, -0.1) is 0 Å². The summed E-state index contributed by atoms with van der Waals surface area (Å²) in [6.07, 6.45) is 1.38. The molecule has 172 valence electrons. The van der Waals surface area contributed by atoms with Crippen molar-refractivity contribution in [1.29, 1.82) is 0 Å². The van der Waals surface area contributed by atoms with E-state index < -0.39 is 17.8 Å². The summed E-state index contributed by atoms with van der Waals surface area (Å²) in [4.78, 5) is 38.9. The van der Waals surface area contributed by atoms with Crippen molar-refractivity contribution in [1.82, 2.24) is 5.32 Å². The van der Waals surface area contributed by atoms with Crippen molar-refractivity contribution in [3.05, 3.63) is 94.5 Å². The van der Waals surface area contributed by atoms with Crippen molar-refractivity contribution in [3.63, 3.8) is 0 Å². The fourth-order valence-electron chi connectivity index (χ4n) is 3.37. The van der Waals surface area contributed by atoms with E-state index in [1.165, 1.54) is 6.08 Å². The van der Waals surface area contributed by atoms with Crippen LogP contribution in [0.2, 0.25) is 5.02 Å². The van der Waals surface area contributed by atoms with E-state index >= 15 is 0 Å². The summed E-state index contributed by atoms with van der Waals surface area (Å²) < 4.78 is 11.2. The quantitative estimate of drug-likeness (QED) is 0.384. The summed E-state index contributed by atoms with van der Waals surface area (Å²) in [5, 5.41) is 2.55. The summed E-state index contributed by atoms with van der Waals surface area (Å²) in [5.74, 6) is -0.443. The molecule has 0 radical (unpaired) electrons. The standard InChI is InChI=1S/C26H21ClN2O5/c1-2-33-23-13-8-18(15-22(23)27)14-21-24(30)28-26(32)29(25(21)31)19-9-11-20(12-10-19)34-16-17-6-4-3-5-7-17/h3-15H,2,16H2,1H3,(H,28,30,32)/b21-14+. The Balaban J connectivity index is 1.53. The number of anilines is 1. The average Bonchev–Trinajstić information content (AvgIpc) is 2.83. The number of hydrogen-bond acceptors (Lipinski definition) is 5. The van der Waals surface area contributed by atoms with Crippen LogP contribution in [0.1, 0.15) is 18.1 Å². The molecule has 0 saturated carbocycles. The van der Waals surface area contributed by atoms with Crippen LogP contribution in [0.15, 0.2) is 78.4 Å². The predicted octanol–water partition coefficient (Wildman–Crippen LogP) is 4.98. The van der Waals surface area contributed by atoms with Crippen LogP contribution in [-0.4, -0.2) is 24.5 Å².